The minimum atomic E-state index is -0.589. The molecule has 154 valence electrons. The Labute approximate surface area is 174 Å². The average molecular weight is 419 g/mol. The molecule has 2 aliphatic heterocycles. The van der Waals surface area contributed by atoms with Crippen molar-refractivity contribution >= 4 is 35.5 Å². The molecule has 4 amide bonds. The highest BCUT2D eigenvalue weighted by atomic mass is 35.5. The first-order chi connectivity index (χ1) is 14.1. The van der Waals surface area contributed by atoms with Crippen LogP contribution in [0.2, 0.25) is 0 Å². The predicted molar refractivity (Wildman–Crippen MR) is 107 cm³/mol. The molecule has 8 heteroatoms. The number of nitrogens with zero attached hydrogens (tertiary/aromatic N) is 2. The number of hydrogen-bond donors (Lipinski definition) is 0. The minimum absolute atomic E-state index is 0.0337. The zero-order chi connectivity index (χ0) is 20.4. The molecule has 2 heterocycles. The summed E-state index contributed by atoms with van der Waals surface area (Å²) in [6.45, 7) is 0.271. The van der Waals surface area contributed by atoms with Gasteiger partial charge < -0.3 is 9.47 Å². The van der Waals surface area contributed by atoms with Crippen molar-refractivity contribution in [1.82, 2.24) is 9.80 Å². The van der Waals surface area contributed by atoms with E-state index in [4.69, 9.17) is 21.1 Å². The third kappa shape index (κ3) is 3.71. The molecule has 1 saturated carbocycles. The van der Waals surface area contributed by atoms with E-state index >= 15 is 0 Å². The molecule has 0 aromatic heterocycles. The Morgan fingerprint density at radius 1 is 1.07 bits per heavy atom. The third-order valence-electron chi connectivity index (χ3n) is 5.54. The molecule has 0 radical (unpaired) electrons. The molecule has 1 aromatic rings. The summed E-state index contributed by atoms with van der Waals surface area (Å²) < 4.78 is 10.9. The number of imide groups is 2. The Bertz CT molecular complexity index is 863. The van der Waals surface area contributed by atoms with Gasteiger partial charge in [0.1, 0.15) is 5.57 Å². The zero-order valence-corrected chi connectivity index (χ0v) is 16.8. The van der Waals surface area contributed by atoms with Crippen molar-refractivity contribution in [3.05, 3.63) is 29.3 Å². The molecule has 0 N–H and O–H groups in total. The lowest BCUT2D eigenvalue weighted by atomic mass is 9.92. The van der Waals surface area contributed by atoms with Gasteiger partial charge in [-0.25, -0.2) is 4.79 Å². The molecule has 29 heavy (non-hydrogen) atoms. The second-order valence-corrected chi connectivity index (χ2v) is 7.77. The van der Waals surface area contributed by atoms with Gasteiger partial charge in [0, 0.05) is 24.0 Å². The number of amides is 4. The van der Waals surface area contributed by atoms with Crippen molar-refractivity contribution in [3.63, 3.8) is 0 Å². The van der Waals surface area contributed by atoms with Crippen LogP contribution in [0.15, 0.2) is 23.8 Å². The van der Waals surface area contributed by atoms with E-state index in [9.17, 15) is 14.4 Å². The SMILES string of the molecule is O=C1/C(=C/c2cccc3c2OCO3)C(=O)N(C2CCCCC2)C(=O)N1CCCCl. The van der Waals surface area contributed by atoms with Gasteiger partial charge in [-0.05, 0) is 31.4 Å². The average Bonchev–Trinajstić information content (AvgIpc) is 3.22. The second kappa shape index (κ2) is 8.45. The van der Waals surface area contributed by atoms with Crippen molar-refractivity contribution in [1.29, 1.82) is 0 Å². The summed E-state index contributed by atoms with van der Waals surface area (Å²) in [5, 5.41) is 0. The van der Waals surface area contributed by atoms with E-state index < -0.39 is 17.8 Å². The fourth-order valence-electron chi connectivity index (χ4n) is 4.09. The van der Waals surface area contributed by atoms with Crippen LogP contribution in [-0.4, -0.2) is 52.9 Å². The highest BCUT2D eigenvalue weighted by Crippen LogP contribution is 2.37. The van der Waals surface area contributed by atoms with Crippen LogP contribution in [-0.2, 0) is 9.59 Å². The highest BCUT2D eigenvalue weighted by Gasteiger charge is 2.45. The minimum Gasteiger partial charge on any atom is -0.454 e. The molecule has 7 nitrogen and oxygen atoms in total. The summed E-state index contributed by atoms with van der Waals surface area (Å²) in [6.07, 6.45) is 6.53. The molecule has 0 spiro atoms. The Balaban J connectivity index is 1.73. The van der Waals surface area contributed by atoms with E-state index in [1.165, 1.54) is 11.0 Å². The summed E-state index contributed by atoms with van der Waals surface area (Å²) in [7, 11) is 0. The van der Waals surface area contributed by atoms with Gasteiger partial charge in [-0.3, -0.25) is 19.4 Å². The van der Waals surface area contributed by atoms with E-state index in [1.54, 1.807) is 18.2 Å². The first-order valence-electron chi connectivity index (χ1n) is 9.97. The molecule has 1 aliphatic carbocycles. The number of para-hydroxylation sites is 1. The number of ether oxygens (including phenoxy) is 2. The lowest BCUT2D eigenvalue weighted by Crippen LogP contribution is -2.59. The molecule has 2 fully saturated rings. The predicted octanol–water partition coefficient (Wildman–Crippen LogP) is 3.55. The van der Waals surface area contributed by atoms with Crippen LogP contribution in [0.1, 0.15) is 44.1 Å². The molecule has 4 rings (SSSR count). The molecule has 0 bridgehead atoms. The van der Waals surface area contributed by atoms with Crippen LogP contribution in [0.25, 0.3) is 6.08 Å². The van der Waals surface area contributed by atoms with Crippen molar-refractivity contribution in [3.8, 4) is 11.5 Å². The molecule has 0 unspecified atom stereocenters. The number of halogens is 1. The van der Waals surface area contributed by atoms with Gasteiger partial charge >= 0.3 is 6.03 Å². The van der Waals surface area contributed by atoms with Crippen molar-refractivity contribution in [2.45, 2.75) is 44.6 Å². The zero-order valence-electron chi connectivity index (χ0n) is 16.1. The van der Waals surface area contributed by atoms with Crippen LogP contribution in [0.5, 0.6) is 11.5 Å². The first-order valence-corrected chi connectivity index (χ1v) is 10.5. The molecular weight excluding hydrogens is 396 g/mol. The van der Waals surface area contributed by atoms with E-state index in [2.05, 4.69) is 0 Å². The van der Waals surface area contributed by atoms with E-state index in [1.807, 2.05) is 0 Å². The van der Waals surface area contributed by atoms with Gasteiger partial charge in [-0.1, -0.05) is 31.4 Å². The van der Waals surface area contributed by atoms with Crippen LogP contribution < -0.4 is 9.47 Å². The number of alkyl halides is 1. The van der Waals surface area contributed by atoms with E-state index in [0.717, 1.165) is 37.0 Å². The largest absolute Gasteiger partial charge is 0.454 e. The first kappa shape index (κ1) is 19.8. The van der Waals surface area contributed by atoms with Crippen LogP contribution >= 0.6 is 11.6 Å². The number of urea groups is 1. The number of fused-ring (bicyclic) bond motifs is 1. The summed E-state index contributed by atoms with van der Waals surface area (Å²) >= 11 is 5.79. The maximum Gasteiger partial charge on any atom is 0.334 e. The number of carbonyl (C=O) groups is 3. The van der Waals surface area contributed by atoms with Crippen LogP contribution in [0, 0.1) is 0 Å². The Kier molecular flexibility index (Phi) is 5.76. The number of rotatable bonds is 5. The molecular formula is C21H23ClN2O5. The third-order valence-corrected chi connectivity index (χ3v) is 5.81. The van der Waals surface area contributed by atoms with Crippen molar-refractivity contribution in [2.75, 3.05) is 19.2 Å². The van der Waals surface area contributed by atoms with E-state index in [-0.39, 0.29) is 25.0 Å². The lowest BCUT2D eigenvalue weighted by Gasteiger charge is -2.39. The number of hydrogen-bond acceptors (Lipinski definition) is 5. The number of carbonyl (C=O) groups excluding carboxylic acids is 3. The van der Waals surface area contributed by atoms with Gasteiger partial charge in [0.2, 0.25) is 6.79 Å². The topological polar surface area (TPSA) is 76.1 Å². The summed E-state index contributed by atoms with van der Waals surface area (Å²) in [5.74, 6) is 0.257. The van der Waals surface area contributed by atoms with E-state index in [0.29, 0.717) is 29.4 Å². The fraction of sp³-hybridized carbons (Fsp3) is 0.476. The standard InChI is InChI=1S/C21H23ClN2O5/c22-10-5-11-23-19(25)16(12-14-6-4-9-17-18(14)29-13-28-17)20(26)24(21(23)27)15-7-2-1-3-8-15/h4,6,9,12,15H,1-3,5,7-8,10-11,13H2/b16-12-. The Hall–Kier alpha value is -2.54. The lowest BCUT2D eigenvalue weighted by molar-refractivity contribution is -0.137. The number of benzene rings is 1. The summed E-state index contributed by atoms with van der Waals surface area (Å²) in [5.41, 5.74) is 0.542. The molecule has 0 atom stereocenters. The van der Waals surface area contributed by atoms with Crippen LogP contribution in [0.4, 0.5) is 4.79 Å². The second-order valence-electron chi connectivity index (χ2n) is 7.39. The van der Waals surface area contributed by atoms with Gasteiger partial charge in [0.15, 0.2) is 11.5 Å². The smallest absolute Gasteiger partial charge is 0.334 e. The fourth-order valence-corrected chi connectivity index (χ4v) is 4.21. The van der Waals surface area contributed by atoms with Gasteiger partial charge in [0.05, 0.1) is 0 Å². The highest BCUT2D eigenvalue weighted by molar-refractivity contribution is 6.31. The number of barbiturate groups is 1. The van der Waals surface area contributed by atoms with Gasteiger partial charge in [0.25, 0.3) is 11.8 Å². The molecule has 3 aliphatic rings. The normalized spacial score (nSPS) is 21.4. The maximum absolute atomic E-state index is 13.3. The molecule has 1 aromatic carbocycles. The van der Waals surface area contributed by atoms with Gasteiger partial charge in [-0.15, -0.1) is 11.6 Å². The van der Waals surface area contributed by atoms with Gasteiger partial charge in [-0.2, -0.15) is 0 Å². The molecule has 1 saturated heterocycles. The maximum atomic E-state index is 13.3. The Morgan fingerprint density at radius 3 is 2.62 bits per heavy atom. The summed E-state index contributed by atoms with van der Waals surface area (Å²) in [6, 6.07) is 4.57. The van der Waals surface area contributed by atoms with Crippen LogP contribution in [0.3, 0.4) is 0 Å². The summed E-state index contributed by atoms with van der Waals surface area (Å²) in [4.78, 5) is 41.8. The monoisotopic (exact) mass is 418 g/mol. The van der Waals surface area contributed by atoms with Crippen molar-refractivity contribution in [2.24, 2.45) is 0 Å². The quantitative estimate of drug-likeness (QED) is 0.415. The Morgan fingerprint density at radius 2 is 1.86 bits per heavy atom. The van der Waals surface area contributed by atoms with Crippen molar-refractivity contribution < 1.29 is 23.9 Å².